The highest BCUT2D eigenvalue weighted by atomic mass is 16.1. The first kappa shape index (κ1) is 11.9. The molecule has 1 aromatic carbocycles. The quantitative estimate of drug-likeness (QED) is 0.871. The predicted molar refractivity (Wildman–Crippen MR) is 70.1 cm³/mol. The number of benzene rings is 1. The number of aryl methyl sites for hydroxylation is 1. The van der Waals surface area contributed by atoms with Gasteiger partial charge in [0.25, 0.3) is 0 Å². The average molecular weight is 233 g/mol. The minimum atomic E-state index is 0.0313. The summed E-state index contributed by atoms with van der Waals surface area (Å²) in [5.41, 5.74) is 7.95. The van der Waals surface area contributed by atoms with Crippen LogP contribution in [0.5, 0.6) is 0 Å². The van der Waals surface area contributed by atoms with Gasteiger partial charge in [-0.2, -0.15) is 0 Å². The number of fused-ring (bicyclic) bond motifs is 1. The van der Waals surface area contributed by atoms with Crippen LogP contribution in [0.4, 0.5) is 0 Å². The van der Waals surface area contributed by atoms with Gasteiger partial charge in [-0.1, -0.05) is 19.1 Å². The molecule has 92 valence electrons. The van der Waals surface area contributed by atoms with Gasteiger partial charge in [-0.25, -0.2) is 4.79 Å². The molecule has 0 aliphatic rings. The van der Waals surface area contributed by atoms with Crippen molar-refractivity contribution in [3.63, 3.8) is 0 Å². The van der Waals surface area contributed by atoms with Crippen molar-refractivity contribution < 1.29 is 0 Å². The number of aromatic nitrogens is 2. The van der Waals surface area contributed by atoms with Crippen LogP contribution >= 0.6 is 0 Å². The highest BCUT2D eigenvalue weighted by molar-refractivity contribution is 5.75. The Morgan fingerprint density at radius 1 is 1.18 bits per heavy atom. The molecule has 0 fully saturated rings. The van der Waals surface area contributed by atoms with Crippen LogP contribution in [0.1, 0.15) is 20.3 Å². The van der Waals surface area contributed by atoms with E-state index in [1.54, 1.807) is 9.13 Å². The van der Waals surface area contributed by atoms with E-state index in [1.165, 1.54) is 0 Å². The standard InChI is InChI=1S/C13H19N3O/c1-3-10(14)9-16-12-8-6-5-7-11(12)15(4-2)13(16)17/h5-8,10H,3-4,9,14H2,1-2H3. The molecule has 0 aliphatic heterocycles. The molecule has 0 saturated carbocycles. The highest BCUT2D eigenvalue weighted by Crippen LogP contribution is 2.13. The smallest absolute Gasteiger partial charge is 0.326 e. The van der Waals surface area contributed by atoms with Gasteiger partial charge in [0.2, 0.25) is 0 Å². The van der Waals surface area contributed by atoms with Crippen molar-refractivity contribution in [2.45, 2.75) is 39.4 Å². The van der Waals surface area contributed by atoms with E-state index in [2.05, 4.69) is 0 Å². The van der Waals surface area contributed by atoms with Crippen molar-refractivity contribution in [1.82, 2.24) is 9.13 Å². The third-order valence-electron chi connectivity index (χ3n) is 3.18. The number of hydrogen-bond acceptors (Lipinski definition) is 2. The third kappa shape index (κ3) is 2.00. The van der Waals surface area contributed by atoms with Gasteiger partial charge in [-0.3, -0.25) is 9.13 Å². The largest absolute Gasteiger partial charge is 0.329 e. The van der Waals surface area contributed by atoms with Crippen molar-refractivity contribution in [1.29, 1.82) is 0 Å². The molecule has 0 aliphatic carbocycles. The molecule has 1 atom stereocenters. The Morgan fingerprint density at radius 3 is 2.29 bits per heavy atom. The van der Waals surface area contributed by atoms with Gasteiger partial charge < -0.3 is 5.73 Å². The van der Waals surface area contributed by atoms with Crippen molar-refractivity contribution in [2.75, 3.05) is 0 Å². The van der Waals surface area contributed by atoms with Crippen LogP contribution < -0.4 is 11.4 Å². The first-order chi connectivity index (χ1) is 8.19. The average Bonchev–Trinajstić information content (AvgIpc) is 2.62. The summed E-state index contributed by atoms with van der Waals surface area (Å²) >= 11 is 0. The van der Waals surface area contributed by atoms with Crippen LogP contribution in [0.2, 0.25) is 0 Å². The molecule has 0 radical (unpaired) electrons. The summed E-state index contributed by atoms with van der Waals surface area (Å²) in [6.07, 6.45) is 0.873. The molecule has 0 bridgehead atoms. The van der Waals surface area contributed by atoms with Crippen LogP contribution in [-0.2, 0) is 13.1 Å². The number of nitrogens with zero attached hydrogens (tertiary/aromatic N) is 2. The van der Waals surface area contributed by atoms with Crippen molar-refractivity contribution in [3.8, 4) is 0 Å². The molecule has 4 nitrogen and oxygen atoms in total. The summed E-state index contributed by atoms with van der Waals surface area (Å²) in [4.78, 5) is 12.2. The van der Waals surface area contributed by atoms with Crippen molar-refractivity contribution in [3.05, 3.63) is 34.7 Å². The molecule has 17 heavy (non-hydrogen) atoms. The fourth-order valence-corrected chi connectivity index (χ4v) is 2.12. The molecule has 2 rings (SSSR count). The van der Waals surface area contributed by atoms with E-state index in [0.717, 1.165) is 17.5 Å². The monoisotopic (exact) mass is 233 g/mol. The molecule has 4 heteroatoms. The first-order valence-corrected chi connectivity index (χ1v) is 6.12. The number of nitrogens with two attached hydrogens (primary N) is 1. The topological polar surface area (TPSA) is 52.9 Å². The summed E-state index contributed by atoms with van der Waals surface area (Å²) in [5.74, 6) is 0. The molecule has 1 aromatic heterocycles. The molecule has 1 heterocycles. The maximum atomic E-state index is 12.2. The summed E-state index contributed by atoms with van der Waals surface area (Å²) in [5, 5.41) is 0. The van der Waals surface area contributed by atoms with Crippen LogP contribution in [0.15, 0.2) is 29.1 Å². The normalized spacial score (nSPS) is 13.1. The lowest BCUT2D eigenvalue weighted by atomic mass is 10.2. The summed E-state index contributed by atoms with van der Waals surface area (Å²) in [6.45, 7) is 5.29. The zero-order valence-electron chi connectivity index (χ0n) is 10.4. The van der Waals surface area contributed by atoms with Crippen LogP contribution in [-0.4, -0.2) is 15.2 Å². The van der Waals surface area contributed by atoms with E-state index in [-0.39, 0.29) is 11.7 Å². The second-order valence-corrected chi connectivity index (χ2v) is 4.29. The van der Waals surface area contributed by atoms with Gasteiger partial charge in [-0.15, -0.1) is 0 Å². The van der Waals surface area contributed by atoms with Gasteiger partial charge in [0.15, 0.2) is 0 Å². The van der Waals surface area contributed by atoms with Gasteiger partial charge in [-0.05, 0) is 25.5 Å². The van der Waals surface area contributed by atoms with E-state index in [0.29, 0.717) is 13.1 Å². The predicted octanol–water partition coefficient (Wildman–Crippen LogP) is 1.56. The Bertz CT molecular complexity index is 568. The molecule has 0 spiro atoms. The number of hydrogen-bond donors (Lipinski definition) is 1. The van der Waals surface area contributed by atoms with Crippen LogP contribution in [0.3, 0.4) is 0 Å². The van der Waals surface area contributed by atoms with Gasteiger partial charge in [0, 0.05) is 19.1 Å². The zero-order chi connectivity index (χ0) is 12.4. The van der Waals surface area contributed by atoms with Crippen LogP contribution in [0, 0.1) is 0 Å². The van der Waals surface area contributed by atoms with Crippen molar-refractivity contribution in [2.24, 2.45) is 5.73 Å². The maximum Gasteiger partial charge on any atom is 0.329 e. The van der Waals surface area contributed by atoms with Gasteiger partial charge in [0.1, 0.15) is 0 Å². The zero-order valence-corrected chi connectivity index (χ0v) is 10.4. The molecular formula is C13H19N3O. The fraction of sp³-hybridized carbons (Fsp3) is 0.462. The Labute approximate surface area is 101 Å². The summed E-state index contributed by atoms with van der Waals surface area (Å²) in [7, 11) is 0. The highest BCUT2D eigenvalue weighted by Gasteiger charge is 2.12. The van der Waals surface area contributed by atoms with E-state index < -0.39 is 0 Å². The third-order valence-corrected chi connectivity index (χ3v) is 3.18. The SMILES string of the molecule is CCC(N)Cn1c(=O)n(CC)c2ccccc21. The molecule has 0 saturated heterocycles. The molecule has 0 amide bonds. The lowest BCUT2D eigenvalue weighted by Crippen LogP contribution is -2.32. The number of imidazole rings is 1. The Balaban J connectivity index is 2.62. The molecular weight excluding hydrogens is 214 g/mol. The number of rotatable bonds is 4. The second-order valence-electron chi connectivity index (χ2n) is 4.29. The van der Waals surface area contributed by atoms with E-state index in [4.69, 9.17) is 5.73 Å². The molecule has 2 aromatic rings. The van der Waals surface area contributed by atoms with E-state index in [9.17, 15) is 4.79 Å². The van der Waals surface area contributed by atoms with Gasteiger partial charge in [0.05, 0.1) is 11.0 Å². The molecule has 1 unspecified atom stereocenters. The summed E-state index contributed by atoms with van der Waals surface area (Å²) < 4.78 is 3.57. The Hall–Kier alpha value is -1.55. The van der Waals surface area contributed by atoms with Crippen molar-refractivity contribution >= 4 is 11.0 Å². The first-order valence-electron chi connectivity index (χ1n) is 6.12. The maximum absolute atomic E-state index is 12.2. The second kappa shape index (κ2) is 4.75. The minimum absolute atomic E-state index is 0.0313. The lowest BCUT2D eigenvalue weighted by molar-refractivity contribution is 0.527. The summed E-state index contributed by atoms with van der Waals surface area (Å²) in [6, 6.07) is 7.90. The van der Waals surface area contributed by atoms with E-state index in [1.807, 2.05) is 38.1 Å². The Kier molecular flexibility index (Phi) is 3.33. The Morgan fingerprint density at radius 2 is 1.76 bits per heavy atom. The molecule has 2 N–H and O–H groups in total. The lowest BCUT2D eigenvalue weighted by Gasteiger charge is -2.09. The van der Waals surface area contributed by atoms with E-state index >= 15 is 0 Å². The number of para-hydroxylation sites is 2. The fourth-order valence-electron chi connectivity index (χ4n) is 2.12. The van der Waals surface area contributed by atoms with Gasteiger partial charge >= 0.3 is 5.69 Å². The van der Waals surface area contributed by atoms with Crippen LogP contribution in [0.25, 0.3) is 11.0 Å². The minimum Gasteiger partial charge on any atom is -0.326 e.